The lowest BCUT2D eigenvalue weighted by molar-refractivity contribution is -0.137. The number of dihydropyridines is 1. The zero-order valence-corrected chi connectivity index (χ0v) is 11.4. The van der Waals surface area contributed by atoms with E-state index in [2.05, 4.69) is 10.3 Å². The van der Waals surface area contributed by atoms with Gasteiger partial charge in [-0.3, -0.25) is 14.6 Å². The molecule has 1 amide bonds. The van der Waals surface area contributed by atoms with Crippen molar-refractivity contribution < 1.29 is 27.2 Å². The number of halogens is 5. The smallest absolute Gasteiger partial charge is 0.320 e. The first-order chi connectivity index (χ1) is 10.2. The van der Waals surface area contributed by atoms with Crippen LogP contribution in [0.1, 0.15) is 15.9 Å². The number of carbonyl (C=O) groups is 2. The molecule has 1 aliphatic heterocycles. The van der Waals surface area contributed by atoms with Gasteiger partial charge in [-0.05, 0) is 12.1 Å². The zero-order chi connectivity index (χ0) is 16.5. The Hall–Kier alpha value is -2.22. The van der Waals surface area contributed by atoms with Crippen molar-refractivity contribution in [3.63, 3.8) is 0 Å². The average molecular weight is 335 g/mol. The van der Waals surface area contributed by atoms with Crippen LogP contribution in [-0.4, -0.2) is 24.4 Å². The Kier molecular flexibility index (Phi) is 4.32. The zero-order valence-electron chi connectivity index (χ0n) is 10.7. The number of carbonyl (C=O) groups excluding carboxylic acids is 2. The maximum absolute atomic E-state index is 13.7. The van der Waals surface area contributed by atoms with Crippen molar-refractivity contribution in [2.75, 3.05) is 6.54 Å². The van der Waals surface area contributed by atoms with Crippen LogP contribution in [0.25, 0.3) is 0 Å². The third-order valence-corrected chi connectivity index (χ3v) is 2.97. The molecular formula is C13H7ClF4N2O2. The molecule has 0 atom stereocenters. The first kappa shape index (κ1) is 16.2. The normalized spacial score (nSPS) is 14.8. The Bertz CT molecular complexity index is 711. The van der Waals surface area contributed by atoms with Gasteiger partial charge in [0.2, 0.25) is 0 Å². The lowest BCUT2D eigenvalue weighted by atomic mass is 10.1. The molecule has 1 N–H and O–H groups in total. The number of hydrogen-bond donors (Lipinski definition) is 1. The monoisotopic (exact) mass is 334 g/mol. The van der Waals surface area contributed by atoms with Gasteiger partial charge in [0.15, 0.2) is 5.78 Å². The summed E-state index contributed by atoms with van der Waals surface area (Å²) >= 11 is 5.43. The van der Waals surface area contributed by atoms with E-state index in [0.29, 0.717) is 6.07 Å². The molecule has 1 heterocycles. The lowest BCUT2D eigenvalue weighted by Gasteiger charge is -2.12. The van der Waals surface area contributed by atoms with Crippen LogP contribution < -0.4 is 5.32 Å². The van der Waals surface area contributed by atoms with Crippen molar-refractivity contribution in [3.05, 3.63) is 45.9 Å². The Labute approximate surface area is 126 Å². The van der Waals surface area contributed by atoms with E-state index in [4.69, 9.17) is 11.6 Å². The summed E-state index contributed by atoms with van der Waals surface area (Å²) in [7, 11) is 0. The molecule has 2 rings (SSSR count). The topological polar surface area (TPSA) is 58.5 Å². The average Bonchev–Trinajstić information content (AvgIpc) is 2.39. The Morgan fingerprint density at radius 2 is 2.00 bits per heavy atom. The molecular weight excluding hydrogens is 328 g/mol. The highest BCUT2D eigenvalue weighted by Crippen LogP contribution is 2.35. The summed E-state index contributed by atoms with van der Waals surface area (Å²) in [6.07, 6.45) is -2.57. The molecule has 0 unspecified atom stereocenters. The highest BCUT2D eigenvalue weighted by Gasteiger charge is 2.34. The molecule has 0 aromatic heterocycles. The molecule has 116 valence electrons. The van der Waals surface area contributed by atoms with Gasteiger partial charge in [0.25, 0.3) is 5.91 Å². The van der Waals surface area contributed by atoms with Gasteiger partial charge in [0.1, 0.15) is 12.4 Å². The van der Waals surface area contributed by atoms with Crippen molar-refractivity contribution in [1.82, 2.24) is 5.32 Å². The maximum atomic E-state index is 13.7. The van der Waals surface area contributed by atoms with Gasteiger partial charge in [-0.15, -0.1) is 0 Å². The summed E-state index contributed by atoms with van der Waals surface area (Å²) in [6, 6.07) is 0.725. The van der Waals surface area contributed by atoms with E-state index in [1.54, 1.807) is 0 Å². The summed E-state index contributed by atoms with van der Waals surface area (Å²) in [6.45, 7) is -0.0696. The molecule has 0 bridgehead atoms. The van der Waals surface area contributed by atoms with Crippen LogP contribution in [0.5, 0.6) is 0 Å². The summed E-state index contributed by atoms with van der Waals surface area (Å²) in [4.78, 5) is 26.6. The third kappa shape index (κ3) is 3.51. The van der Waals surface area contributed by atoms with E-state index in [9.17, 15) is 27.2 Å². The fraction of sp³-hybridized carbons (Fsp3) is 0.154. The van der Waals surface area contributed by atoms with E-state index in [1.165, 1.54) is 6.21 Å². The fourth-order valence-corrected chi connectivity index (χ4v) is 1.97. The number of nitrogens with zero attached hydrogens (tertiary/aromatic N) is 1. The van der Waals surface area contributed by atoms with E-state index in [0.717, 1.165) is 6.08 Å². The number of amides is 1. The van der Waals surface area contributed by atoms with Crippen LogP contribution in [0.3, 0.4) is 0 Å². The number of rotatable bonds is 2. The van der Waals surface area contributed by atoms with Gasteiger partial charge < -0.3 is 5.32 Å². The standard InChI is InChI=1S/C13H7ClF4N2O2/c14-10-2-8(11(15)3-9(10)13(16,17)18)12(22)20-6-1-7(21)5-19-4-6/h1-4H,5H2,(H,20,22). The van der Waals surface area contributed by atoms with Gasteiger partial charge in [0, 0.05) is 12.3 Å². The second-order valence-corrected chi connectivity index (χ2v) is 4.71. The first-order valence-corrected chi connectivity index (χ1v) is 6.18. The van der Waals surface area contributed by atoms with Crippen LogP contribution >= 0.6 is 11.6 Å². The van der Waals surface area contributed by atoms with E-state index in [1.807, 2.05) is 0 Å². The fourth-order valence-electron chi connectivity index (χ4n) is 1.70. The van der Waals surface area contributed by atoms with Crippen molar-refractivity contribution in [2.24, 2.45) is 4.99 Å². The van der Waals surface area contributed by atoms with Gasteiger partial charge in [0.05, 0.1) is 21.8 Å². The minimum Gasteiger partial charge on any atom is -0.320 e. The summed E-state index contributed by atoms with van der Waals surface area (Å²) < 4.78 is 51.4. The summed E-state index contributed by atoms with van der Waals surface area (Å²) in [5.74, 6) is -2.79. The molecule has 0 saturated heterocycles. The Morgan fingerprint density at radius 1 is 1.32 bits per heavy atom. The number of aliphatic imine (C=N–C) groups is 1. The number of ketones is 1. The van der Waals surface area contributed by atoms with E-state index >= 15 is 0 Å². The molecule has 1 aromatic carbocycles. The predicted octanol–water partition coefficient (Wildman–Crippen LogP) is 2.77. The number of hydrogen-bond acceptors (Lipinski definition) is 3. The summed E-state index contributed by atoms with van der Waals surface area (Å²) in [5.41, 5.74) is -2.04. The maximum Gasteiger partial charge on any atom is 0.417 e. The van der Waals surface area contributed by atoms with Crippen molar-refractivity contribution in [1.29, 1.82) is 0 Å². The van der Waals surface area contributed by atoms with Crippen molar-refractivity contribution >= 4 is 29.5 Å². The molecule has 0 spiro atoms. The second-order valence-electron chi connectivity index (χ2n) is 4.30. The van der Waals surface area contributed by atoms with Gasteiger partial charge in [-0.1, -0.05) is 11.6 Å². The molecule has 9 heteroatoms. The molecule has 1 aromatic rings. The van der Waals surface area contributed by atoms with Crippen LogP contribution in [0.15, 0.2) is 28.9 Å². The molecule has 4 nitrogen and oxygen atoms in total. The first-order valence-electron chi connectivity index (χ1n) is 5.80. The van der Waals surface area contributed by atoms with E-state index in [-0.39, 0.29) is 24.1 Å². The number of benzene rings is 1. The molecule has 0 saturated carbocycles. The third-order valence-electron chi connectivity index (χ3n) is 2.66. The van der Waals surface area contributed by atoms with Crippen LogP contribution in [-0.2, 0) is 11.0 Å². The molecule has 1 aliphatic rings. The number of nitrogens with one attached hydrogen (secondary N) is 1. The number of allylic oxidation sites excluding steroid dienone is 1. The molecule has 0 aliphatic carbocycles. The van der Waals surface area contributed by atoms with Crippen LogP contribution in [0.4, 0.5) is 17.6 Å². The lowest BCUT2D eigenvalue weighted by Crippen LogP contribution is -2.27. The highest BCUT2D eigenvalue weighted by molar-refractivity contribution is 6.31. The van der Waals surface area contributed by atoms with Gasteiger partial charge in [-0.25, -0.2) is 4.39 Å². The Morgan fingerprint density at radius 3 is 2.59 bits per heavy atom. The minimum absolute atomic E-state index is 0.0108. The van der Waals surface area contributed by atoms with Gasteiger partial charge >= 0.3 is 6.18 Å². The van der Waals surface area contributed by atoms with Crippen molar-refractivity contribution in [2.45, 2.75) is 6.18 Å². The van der Waals surface area contributed by atoms with E-state index < -0.39 is 34.1 Å². The van der Waals surface area contributed by atoms with Gasteiger partial charge in [-0.2, -0.15) is 13.2 Å². The quantitative estimate of drug-likeness (QED) is 0.845. The SMILES string of the molecule is O=C1C=C(NC(=O)c2cc(Cl)c(C(F)(F)F)cc2F)C=NC1. The van der Waals surface area contributed by atoms with Crippen LogP contribution in [0.2, 0.25) is 5.02 Å². The number of alkyl halides is 3. The largest absolute Gasteiger partial charge is 0.417 e. The van der Waals surface area contributed by atoms with Crippen molar-refractivity contribution in [3.8, 4) is 0 Å². The molecule has 0 fully saturated rings. The summed E-state index contributed by atoms with van der Waals surface area (Å²) in [5, 5.41) is 1.36. The minimum atomic E-state index is -4.84. The predicted molar refractivity (Wildman–Crippen MR) is 70.3 cm³/mol. The molecule has 22 heavy (non-hydrogen) atoms. The van der Waals surface area contributed by atoms with Crippen LogP contribution in [0, 0.1) is 5.82 Å². The second kappa shape index (κ2) is 5.88. The molecule has 0 radical (unpaired) electrons. The Balaban J connectivity index is 2.29. The highest BCUT2D eigenvalue weighted by atomic mass is 35.5.